The third kappa shape index (κ3) is 3.52. The van der Waals surface area contributed by atoms with Gasteiger partial charge in [-0.1, -0.05) is 70.0 Å². The van der Waals surface area contributed by atoms with Crippen molar-refractivity contribution < 1.29 is 0 Å². The second kappa shape index (κ2) is 5.62. The first-order valence-corrected chi connectivity index (χ1v) is 15.4. The molecule has 0 saturated carbocycles. The van der Waals surface area contributed by atoms with Gasteiger partial charge >= 0.3 is 0 Å². The Morgan fingerprint density at radius 1 is 0.824 bits per heavy atom. The van der Waals surface area contributed by atoms with Crippen LogP contribution in [0.3, 0.4) is 0 Å². The molecule has 0 saturated heterocycles. The zero-order chi connectivity index (χ0) is 12.3. The lowest BCUT2D eigenvalue weighted by Gasteiger charge is -2.10. The third-order valence-electron chi connectivity index (χ3n) is 3.31. The van der Waals surface area contributed by atoms with Crippen LogP contribution in [0.25, 0.3) is 0 Å². The maximum absolute atomic E-state index is 2.38. The van der Waals surface area contributed by atoms with Crippen molar-refractivity contribution in [2.24, 2.45) is 0 Å². The van der Waals surface area contributed by atoms with Crippen LogP contribution < -0.4 is 10.4 Å². The highest BCUT2D eigenvalue weighted by Gasteiger charge is 2.08. The third-order valence-corrected chi connectivity index (χ3v) is 16.7. The van der Waals surface area contributed by atoms with Crippen LogP contribution in [0.2, 0.25) is 0 Å². The molecule has 0 spiro atoms. The Morgan fingerprint density at radius 3 is 1.82 bits per heavy atom. The number of aryl methyl sites for hydroxylation is 2. The molecule has 0 fully saturated rings. The number of hydrogen-bond donors (Lipinski definition) is 0. The van der Waals surface area contributed by atoms with E-state index in [2.05, 4.69) is 62.4 Å². The van der Waals surface area contributed by atoms with Crippen molar-refractivity contribution in [1.29, 1.82) is 0 Å². The van der Waals surface area contributed by atoms with Gasteiger partial charge in [-0.25, -0.2) is 0 Å². The lowest BCUT2D eigenvalue weighted by atomic mass is 10.2. The first-order valence-electron chi connectivity index (χ1n) is 6.27. The van der Waals surface area contributed by atoms with Gasteiger partial charge in [0.2, 0.25) is 0 Å². The summed E-state index contributed by atoms with van der Waals surface area (Å²) in [6, 6.07) is 18.5. The van der Waals surface area contributed by atoms with Gasteiger partial charge in [-0.2, -0.15) is 0 Å². The SMILES string of the molecule is Cc1ccc([SiH2][SiH]([SiH3])c2ccc(C)cc2)cc1. The maximum atomic E-state index is 2.38. The standard InChI is InChI=1S/C14H20Si3/c1-11-3-7-13(8-4-11)16-17(15)14-9-5-12(2)6-10-14/h3-10,17H,16H2,1-2,15H3. The molecular formula is C14H20Si3. The second-order valence-electron chi connectivity index (χ2n) is 5.00. The molecule has 3 heteroatoms. The van der Waals surface area contributed by atoms with E-state index in [-0.39, 0.29) is 9.04 Å². The van der Waals surface area contributed by atoms with E-state index in [1.165, 1.54) is 20.9 Å². The maximum Gasteiger partial charge on any atom is 0.0480 e. The van der Waals surface area contributed by atoms with Gasteiger partial charge in [-0.05, 0) is 23.6 Å². The van der Waals surface area contributed by atoms with Crippen molar-refractivity contribution in [3.8, 4) is 0 Å². The Bertz CT molecular complexity index is 474. The van der Waals surface area contributed by atoms with E-state index in [0.717, 1.165) is 0 Å². The molecule has 0 bridgehead atoms. The molecule has 88 valence electrons. The largest absolute Gasteiger partial charge is 0.0697 e. The minimum absolute atomic E-state index is 0.0130. The van der Waals surface area contributed by atoms with Crippen LogP contribution >= 0.6 is 0 Å². The van der Waals surface area contributed by atoms with Crippen molar-refractivity contribution in [2.75, 3.05) is 0 Å². The molecular weight excluding hydrogens is 252 g/mol. The molecule has 17 heavy (non-hydrogen) atoms. The molecule has 0 heterocycles. The molecule has 2 aromatic rings. The van der Waals surface area contributed by atoms with Gasteiger partial charge < -0.3 is 0 Å². The van der Waals surface area contributed by atoms with Crippen LogP contribution in [0.5, 0.6) is 0 Å². The highest BCUT2D eigenvalue weighted by atomic mass is 29.5. The molecule has 0 aliphatic heterocycles. The predicted octanol–water partition coefficient (Wildman–Crippen LogP) is -0.409. The summed E-state index contributed by atoms with van der Waals surface area (Å²) >= 11 is 0. The van der Waals surface area contributed by atoms with Crippen LogP contribution in [0.1, 0.15) is 11.1 Å². The van der Waals surface area contributed by atoms with Crippen molar-refractivity contribution >= 4 is 37.0 Å². The summed E-state index contributed by atoms with van der Waals surface area (Å²) < 4.78 is 0. The van der Waals surface area contributed by atoms with Crippen LogP contribution in [0.15, 0.2) is 48.5 Å². The smallest absolute Gasteiger partial charge is 0.0480 e. The minimum atomic E-state index is -0.546. The fraction of sp³-hybridized carbons (Fsp3) is 0.143. The molecule has 0 nitrogen and oxygen atoms in total. The summed E-state index contributed by atoms with van der Waals surface area (Å²) in [4.78, 5) is 0. The lowest BCUT2D eigenvalue weighted by molar-refractivity contribution is 1.49. The number of rotatable bonds is 3. The van der Waals surface area contributed by atoms with Crippen molar-refractivity contribution in [3.05, 3.63) is 59.7 Å². The first kappa shape index (κ1) is 12.5. The summed E-state index contributed by atoms with van der Waals surface area (Å²) in [5, 5.41) is 3.34. The van der Waals surface area contributed by atoms with Gasteiger partial charge in [-0.3, -0.25) is 0 Å². The van der Waals surface area contributed by atoms with Gasteiger partial charge in [0.1, 0.15) is 0 Å². The summed E-state index contributed by atoms with van der Waals surface area (Å²) in [5.74, 6) is 0. The molecule has 0 aliphatic rings. The Morgan fingerprint density at radius 2 is 1.29 bits per heavy atom. The average Bonchev–Trinajstić information content (AvgIpc) is 2.33. The van der Waals surface area contributed by atoms with E-state index in [9.17, 15) is 0 Å². The van der Waals surface area contributed by atoms with E-state index < -0.39 is 7.83 Å². The summed E-state index contributed by atoms with van der Waals surface area (Å²) in [5.41, 5.74) is 2.76. The second-order valence-corrected chi connectivity index (χ2v) is 22.7. The van der Waals surface area contributed by atoms with Gasteiger partial charge in [0.25, 0.3) is 0 Å². The van der Waals surface area contributed by atoms with Gasteiger partial charge in [0.05, 0.1) is 0 Å². The highest BCUT2D eigenvalue weighted by molar-refractivity contribution is 7.43. The van der Waals surface area contributed by atoms with Crippen molar-refractivity contribution in [2.45, 2.75) is 13.8 Å². The zero-order valence-electron chi connectivity index (χ0n) is 10.9. The fourth-order valence-corrected chi connectivity index (χ4v) is 14.2. The normalized spacial score (nSPS) is 13.3. The Balaban J connectivity index is 2.08. The van der Waals surface area contributed by atoms with E-state index in [1.807, 2.05) is 0 Å². The average molecular weight is 273 g/mol. The van der Waals surface area contributed by atoms with E-state index in [4.69, 9.17) is 0 Å². The Labute approximate surface area is 111 Å². The molecule has 2 aromatic carbocycles. The Kier molecular flexibility index (Phi) is 4.15. The summed E-state index contributed by atoms with van der Waals surface area (Å²) in [7, 11) is 0.850. The van der Waals surface area contributed by atoms with E-state index in [0.29, 0.717) is 0 Å². The van der Waals surface area contributed by atoms with E-state index in [1.54, 1.807) is 10.4 Å². The molecule has 1 unspecified atom stereocenters. The highest BCUT2D eigenvalue weighted by Crippen LogP contribution is 1.95. The van der Waals surface area contributed by atoms with Crippen LogP contribution in [0, 0.1) is 13.8 Å². The number of hydrogen-bond acceptors (Lipinski definition) is 0. The summed E-state index contributed by atoms with van der Waals surface area (Å²) in [6.07, 6.45) is 0. The quantitative estimate of drug-likeness (QED) is 0.667. The van der Waals surface area contributed by atoms with Gasteiger partial charge in [-0.15, -0.1) is 0 Å². The van der Waals surface area contributed by atoms with Gasteiger partial charge in [0.15, 0.2) is 0 Å². The first-order chi connectivity index (χ1) is 8.15. The molecule has 0 radical (unpaired) electrons. The molecule has 0 aliphatic carbocycles. The van der Waals surface area contributed by atoms with Gasteiger partial charge in [0, 0.05) is 16.9 Å². The molecule has 0 aromatic heterocycles. The molecule has 0 N–H and O–H groups in total. The van der Waals surface area contributed by atoms with Crippen LogP contribution in [0.4, 0.5) is 0 Å². The molecule has 1 atom stereocenters. The predicted molar refractivity (Wildman–Crippen MR) is 87.3 cm³/mol. The van der Waals surface area contributed by atoms with Crippen molar-refractivity contribution in [3.63, 3.8) is 0 Å². The van der Waals surface area contributed by atoms with E-state index >= 15 is 0 Å². The Hall–Kier alpha value is -0.909. The monoisotopic (exact) mass is 272 g/mol. The summed E-state index contributed by atoms with van der Waals surface area (Å²) in [6.45, 7) is 4.34. The number of benzene rings is 2. The fourth-order valence-electron chi connectivity index (χ4n) is 2.09. The van der Waals surface area contributed by atoms with Crippen molar-refractivity contribution in [1.82, 2.24) is 0 Å². The zero-order valence-corrected chi connectivity index (χ0v) is 15.5. The molecule has 0 amide bonds. The minimum Gasteiger partial charge on any atom is -0.0697 e. The van der Waals surface area contributed by atoms with Crippen LogP contribution in [-0.4, -0.2) is 26.6 Å². The topological polar surface area (TPSA) is 0 Å². The molecule has 2 rings (SSSR count). The van der Waals surface area contributed by atoms with Crippen LogP contribution in [-0.2, 0) is 0 Å². The lowest BCUT2D eigenvalue weighted by Crippen LogP contribution is -2.43.